The quantitative estimate of drug-likeness (QED) is 0.361. The number of aryl methyl sites for hydroxylation is 4. The number of halogens is 2. The molecule has 0 saturated heterocycles. The Labute approximate surface area is 180 Å². The molecule has 0 N–H and O–H groups in total. The average Bonchev–Trinajstić information content (AvgIpc) is 3.15. The maximum atomic E-state index is 13.0. The van der Waals surface area contributed by atoms with E-state index < -0.39 is 6.43 Å². The van der Waals surface area contributed by atoms with E-state index >= 15 is 0 Å². The molecule has 0 bridgehead atoms. The second-order valence-corrected chi connectivity index (χ2v) is 9.69. The molecular weight excluding hydrogens is 400 g/mol. The minimum atomic E-state index is -2.60. The fourth-order valence-electron chi connectivity index (χ4n) is 3.76. The minimum Gasteiger partial charge on any atom is -0.459 e. The maximum Gasteiger partial charge on any atom is 0.295 e. The van der Waals surface area contributed by atoms with Crippen LogP contribution in [-0.4, -0.2) is 9.67 Å². The predicted octanol–water partition coefficient (Wildman–Crippen LogP) is 7.52. The molecule has 0 aliphatic rings. The van der Waals surface area contributed by atoms with Gasteiger partial charge in [0.15, 0.2) is 5.76 Å². The molecule has 0 radical (unpaired) electrons. The summed E-state index contributed by atoms with van der Waals surface area (Å²) >= 11 is 0. The zero-order valence-electron chi connectivity index (χ0n) is 18.2. The van der Waals surface area contributed by atoms with E-state index in [4.69, 9.17) is 4.42 Å². The fraction of sp³-hybridized carbons (Fsp3) is 0.320. The molecule has 1 heterocycles. The summed E-state index contributed by atoms with van der Waals surface area (Å²) in [5.41, 5.74) is 6.13. The zero-order chi connectivity index (χ0) is 21.8. The van der Waals surface area contributed by atoms with Gasteiger partial charge < -0.3 is 4.42 Å². The van der Waals surface area contributed by atoms with E-state index in [1.54, 1.807) is 6.07 Å². The van der Waals surface area contributed by atoms with Crippen LogP contribution < -0.4 is 0 Å². The first-order valence-corrected chi connectivity index (χ1v) is 11.3. The molecule has 2 aromatic carbocycles. The van der Waals surface area contributed by atoms with Crippen molar-refractivity contribution >= 4 is 16.0 Å². The van der Waals surface area contributed by atoms with Gasteiger partial charge in [0.1, 0.15) is 5.76 Å². The van der Waals surface area contributed by atoms with Gasteiger partial charge in [-0.3, -0.25) is 0 Å². The number of rotatable bonds is 7. The van der Waals surface area contributed by atoms with Crippen molar-refractivity contribution in [1.29, 1.82) is 0 Å². The van der Waals surface area contributed by atoms with E-state index in [1.807, 2.05) is 0 Å². The van der Waals surface area contributed by atoms with Gasteiger partial charge in [-0.2, -0.15) is 0 Å². The molecule has 0 aliphatic heterocycles. The fourth-order valence-corrected chi connectivity index (χ4v) is 5.88. The van der Waals surface area contributed by atoms with Crippen molar-refractivity contribution < 1.29 is 13.2 Å². The summed E-state index contributed by atoms with van der Waals surface area (Å²) in [5, 5.41) is 2.20. The van der Waals surface area contributed by atoms with Crippen molar-refractivity contribution in [2.45, 2.75) is 59.0 Å². The molecule has 0 aliphatic carbocycles. The molecule has 0 amide bonds. The normalized spacial score (nSPS) is 12.8. The largest absolute Gasteiger partial charge is 0.459 e. The summed E-state index contributed by atoms with van der Waals surface area (Å²) in [6.07, 6.45) is -2.60. The Morgan fingerprint density at radius 3 is 2.07 bits per heavy atom. The molecular formula is C25H29F2NOS. The van der Waals surface area contributed by atoms with Crippen LogP contribution in [-0.2, 0) is 13.1 Å². The Morgan fingerprint density at radius 2 is 1.53 bits per heavy atom. The van der Waals surface area contributed by atoms with Crippen molar-refractivity contribution in [2.24, 2.45) is 0 Å². The smallest absolute Gasteiger partial charge is 0.295 e. The first-order chi connectivity index (χ1) is 14.3. The van der Waals surface area contributed by atoms with Gasteiger partial charge in [-0.15, -0.1) is 0 Å². The molecule has 0 fully saturated rings. The molecule has 2 nitrogen and oxygen atoms in total. The summed E-state index contributed by atoms with van der Waals surface area (Å²) in [5.74, 6) is 0.280. The topological polar surface area (TPSA) is 16.4 Å². The third-order valence-corrected chi connectivity index (χ3v) is 7.35. The summed E-state index contributed by atoms with van der Waals surface area (Å²) in [6, 6.07) is 15.9. The van der Waals surface area contributed by atoms with Gasteiger partial charge in [0.2, 0.25) is 0 Å². The van der Waals surface area contributed by atoms with Crippen LogP contribution in [0.1, 0.15) is 52.7 Å². The Kier molecular flexibility index (Phi) is 7.27. The molecule has 3 rings (SSSR count). The van der Waals surface area contributed by atoms with E-state index in [1.165, 1.54) is 38.8 Å². The average molecular weight is 430 g/mol. The first-order valence-electron chi connectivity index (χ1n) is 10.1. The van der Waals surface area contributed by atoms with Crippen LogP contribution in [0.3, 0.4) is 0 Å². The molecule has 5 heteroatoms. The Bertz CT molecular complexity index is 1010. The number of hydrogen-bond donors (Lipinski definition) is 0. The lowest BCUT2D eigenvalue weighted by atomic mass is 10.1. The highest BCUT2D eigenvalue weighted by Gasteiger charge is 2.19. The van der Waals surface area contributed by atoms with Crippen molar-refractivity contribution in [3.05, 3.63) is 87.9 Å². The van der Waals surface area contributed by atoms with Crippen LogP contribution in [0, 0.1) is 27.7 Å². The highest BCUT2D eigenvalue weighted by Crippen LogP contribution is 2.39. The van der Waals surface area contributed by atoms with Crippen LogP contribution in [0.15, 0.2) is 57.8 Å². The monoisotopic (exact) mass is 429 g/mol. The van der Waals surface area contributed by atoms with Gasteiger partial charge in [0, 0.05) is 11.4 Å². The van der Waals surface area contributed by atoms with Gasteiger partial charge in [-0.05, 0) is 68.8 Å². The standard InChI is InChI=1S/C25H29F2NOS/c1-6-30(24-19(4)13-18(3)14-20(24)5)28(15-21-9-7-17(2)8-10-21)16-22-11-12-23(29-22)25(26)27/h6-14,25H,15-16H2,1-5H3. The lowest BCUT2D eigenvalue weighted by Crippen LogP contribution is -2.18. The maximum absolute atomic E-state index is 13.0. The minimum absolute atomic E-state index is 0.275. The lowest BCUT2D eigenvalue weighted by molar-refractivity contribution is 0.119. The second kappa shape index (κ2) is 9.71. The molecule has 1 atom stereocenters. The molecule has 30 heavy (non-hydrogen) atoms. The highest BCUT2D eigenvalue weighted by atomic mass is 32.2. The van der Waals surface area contributed by atoms with Crippen molar-refractivity contribution in [3.8, 4) is 0 Å². The van der Waals surface area contributed by atoms with Gasteiger partial charge in [-0.1, -0.05) is 58.2 Å². The highest BCUT2D eigenvalue weighted by molar-refractivity contribution is 8.13. The van der Waals surface area contributed by atoms with Gasteiger partial charge >= 0.3 is 0 Å². The molecule has 3 aromatic rings. The molecule has 1 aromatic heterocycles. The Balaban J connectivity index is 2.01. The van der Waals surface area contributed by atoms with E-state index in [0.717, 1.165) is 0 Å². The molecule has 0 saturated carbocycles. The number of nitrogens with zero attached hydrogens (tertiary/aromatic N) is 1. The van der Waals surface area contributed by atoms with E-state index in [9.17, 15) is 8.78 Å². The third-order valence-electron chi connectivity index (χ3n) is 5.02. The number of alkyl halides is 2. The van der Waals surface area contributed by atoms with Gasteiger partial charge in [0.05, 0.1) is 6.54 Å². The zero-order valence-corrected chi connectivity index (χ0v) is 19.0. The number of furan rings is 1. The SMILES string of the molecule is C/C=S(\c1c(C)cc(C)cc1C)N(Cc1ccc(C)cc1)Cc1ccc(C(F)F)o1. The van der Waals surface area contributed by atoms with Crippen LogP contribution in [0.2, 0.25) is 0 Å². The Hall–Kier alpha value is -2.24. The summed E-state index contributed by atoms with van der Waals surface area (Å²) < 4.78 is 33.8. The predicted molar refractivity (Wildman–Crippen MR) is 122 cm³/mol. The van der Waals surface area contributed by atoms with Crippen LogP contribution >= 0.6 is 10.7 Å². The Morgan fingerprint density at radius 1 is 0.900 bits per heavy atom. The number of hydrogen-bond acceptors (Lipinski definition) is 2. The van der Waals surface area contributed by atoms with E-state index in [0.29, 0.717) is 18.8 Å². The molecule has 0 spiro atoms. The van der Waals surface area contributed by atoms with Crippen molar-refractivity contribution in [1.82, 2.24) is 4.31 Å². The molecule has 1 unspecified atom stereocenters. The third kappa shape index (κ3) is 5.27. The number of benzene rings is 2. The first kappa shape index (κ1) is 22.4. The summed E-state index contributed by atoms with van der Waals surface area (Å²) in [7, 11) is -0.311. The van der Waals surface area contributed by atoms with Gasteiger partial charge in [-0.25, -0.2) is 13.1 Å². The van der Waals surface area contributed by atoms with Crippen molar-refractivity contribution in [2.75, 3.05) is 0 Å². The van der Waals surface area contributed by atoms with Crippen LogP contribution in [0.5, 0.6) is 0 Å². The van der Waals surface area contributed by atoms with E-state index in [-0.39, 0.29) is 16.4 Å². The second-order valence-electron chi connectivity index (χ2n) is 7.67. The summed E-state index contributed by atoms with van der Waals surface area (Å²) in [4.78, 5) is 1.29. The summed E-state index contributed by atoms with van der Waals surface area (Å²) in [6.45, 7) is 11.7. The van der Waals surface area contributed by atoms with Crippen molar-refractivity contribution in [3.63, 3.8) is 0 Å². The van der Waals surface area contributed by atoms with Crippen LogP contribution in [0.25, 0.3) is 0 Å². The van der Waals surface area contributed by atoms with Crippen LogP contribution in [0.4, 0.5) is 8.78 Å². The van der Waals surface area contributed by atoms with E-state index in [2.05, 4.69) is 80.7 Å². The molecule has 160 valence electrons. The lowest BCUT2D eigenvalue weighted by Gasteiger charge is -2.28. The van der Waals surface area contributed by atoms with Gasteiger partial charge in [0.25, 0.3) is 6.43 Å².